The summed E-state index contributed by atoms with van der Waals surface area (Å²) < 4.78 is 0. The molecule has 0 aliphatic carbocycles. The number of rotatable bonds is 5. The van der Waals surface area contributed by atoms with Crippen molar-refractivity contribution in [3.8, 4) is 11.8 Å². The molecule has 3 heterocycles. The van der Waals surface area contributed by atoms with Gasteiger partial charge >= 0.3 is 0 Å². The number of carbonyl (C=O) groups excluding carboxylic acids is 1. The highest BCUT2D eigenvalue weighted by atomic mass is 32.1. The Kier molecular flexibility index (Phi) is 6.47. The summed E-state index contributed by atoms with van der Waals surface area (Å²) in [7, 11) is 0. The third-order valence-electron chi connectivity index (χ3n) is 5.46. The van der Waals surface area contributed by atoms with E-state index < -0.39 is 5.60 Å². The lowest BCUT2D eigenvalue weighted by molar-refractivity contribution is 0.0926. The first-order valence-electron chi connectivity index (χ1n) is 10.8. The molecule has 1 atom stereocenters. The van der Waals surface area contributed by atoms with Gasteiger partial charge in [0.15, 0.2) is 0 Å². The molecular formula is C25H29N3O2S. The van der Waals surface area contributed by atoms with E-state index in [0.717, 1.165) is 48.3 Å². The van der Waals surface area contributed by atoms with Gasteiger partial charge in [0.05, 0.1) is 4.88 Å². The highest BCUT2D eigenvalue weighted by Crippen LogP contribution is 2.22. The molecule has 3 N–H and O–H groups in total. The average molecular weight is 436 g/mol. The maximum Gasteiger partial charge on any atom is 0.267 e. The maximum atomic E-state index is 12.6. The Morgan fingerprint density at radius 3 is 2.97 bits per heavy atom. The van der Waals surface area contributed by atoms with E-state index in [1.807, 2.05) is 36.4 Å². The molecule has 4 rings (SSSR count). The number of nitrogens with zero attached hydrogens (tertiary/aromatic N) is 1. The molecule has 3 aromatic rings. The summed E-state index contributed by atoms with van der Waals surface area (Å²) in [6.07, 6.45) is 2.28. The highest BCUT2D eigenvalue weighted by Gasteiger charge is 2.21. The van der Waals surface area contributed by atoms with Crippen LogP contribution >= 0.6 is 11.3 Å². The largest absolute Gasteiger partial charge is 0.378 e. The number of amides is 1. The topological polar surface area (TPSA) is 68.4 Å². The Labute approximate surface area is 187 Å². The van der Waals surface area contributed by atoms with Gasteiger partial charge in [0, 0.05) is 35.4 Å². The fourth-order valence-electron chi connectivity index (χ4n) is 3.95. The van der Waals surface area contributed by atoms with E-state index in [9.17, 15) is 9.90 Å². The SMILES string of the molecule is CC(C)(O)C#Cc1ccc(CN2CCCC(CNC(=O)c3cc4ccccc4[nH]3)C2)s1. The third-order valence-corrected chi connectivity index (χ3v) is 6.45. The van der Waals surface area contributed by atoms with Crippen LogP contribution < -0.4 is 5.32 Å². The standard InChI is InChI=1S/C25H29N3O2S/c1-25(2,30)12-11-20-9-10-21(31-20)17-28-13-5-6-18(16-28)15-26-24(29)23-14-19-7-3-4-8-22(19)27-23/h3-4,7-10,14,18,27,30H,5-6,13,15-17H2,1-2H3,(H,26,29). The van der Waals surface area contributed by atoms with Gasteiger partial charge in [-0.3, -0.25) is 9.69 Å². The Bertz CT molecular complexity index is 1080. The lowest BCUT2D eigenvalue weighted by Gasteiger charge is -2.32. The van der Waals surface area contributed by atoms with Crippen molar-refractivity contribution in [1.29, 1.82) is 0 Å². The Morgan fingerprint density at radius 1 is 1.32 bits per heavy atom. The summed E-state index contributed by atoms with van der Waals surface area (Å²) in [4.78, 5) is 20.5. The Hall–Kier alpha value is -2.59. The monoisotopic (exact) mass is 435 g/mol. The van der Waals surface area contributed by atoms with Crippen molar-refractivity contribution in [3.63, 3.8) is 0 Å². The van der Waals surface area contributed by atoms with Crippen LogP contribution in [0.15, 0.2) is 42.5 Å². The number of benzene rings is 1. The second-order valence-electron chi connectivity index (χ2n) is 8.80. The lowest BCUT2D eigenvalue weighted by atomic mass is 9.98. The molecule has 0 spiro atoms. The number of para-hydroxylation sites is 1. The molecule has 1 amide bonds. The van der Waals surface area contributed by atoms with Crippen LogP contribution in [0.25, 0.3) is 10.9 Å². The molecule has 162 valence electrons. The molecule has 1 saturated heterocycles. The molecule has 0 saturated carbocycles. The summed E-state index contributed by atoms with van der Waals surface area (Å²) in [5.74, 6) is 6.34. The first kappa shape index (κ1) is 21.6. The zero-order valence-corrected chi connectivity index (χ0v) is 18.9. The van der Waals surface area contributed by atoms with Crippen LogP contribution in [0.4, 0.5) is 0 Å². The van der Waals surface area contributed by atoms with Crippen molar-refractivity contribution in [2.24, 2.45) is 5.92 Å². The van der Waals surface area contributed by atoms with E-state index in [0.29, 0.717) is 18.2 Å². The minimum absolute atomic E-state index is 0.0402. The molecule has 1 aliphatic heterocycles. The van der Waals surface area contributed by atoms with Crippen LogP contribution in [-0.4, -0.2) is 46.1 Å². The number of aromatic amines is 1. The van der Waals surface area contributed by atoms with Crippen LogP contribution in [0.3, 0.4) is 0 Å². The number of likely N-dealkylation sites (tertiary alicyclic amines) is 1. The zero-order valence-electron chi connectivity index (χ0n) is 18.1. The van der Waals surface area contributed by atoms with Gasteiger partial charge in [-0.15, -0.1) is 11.3 Å². The molecule has 2 aromatic heterocycles. The number of carbonyl (C=O) groups is 1. The summed E-state index contributed by atoms with van der Waals surface area (Å²) >= 11 is 1.69. The Balaban J connectivity index is 1.29. The quantitative estimate of drug-likeness (QED) is 0.531. The van der Waals surface area contributed by atoms with Crippen molar-refractivity contribution >= 4 is 28.1 Å². The van der Waals surface area contributed by atoms with Crippen molar-refractivity contribution in [3.05, 3.63) is 57.9 Å². The first-order valence-corrected chi connectivity index (χ1v) is 11.6. The Morgan fingerprint density at radius 2 is 2.16 bits per heavy atom. The summed E-state index contributed by atoms with van der Waals surface area (Å²) in [5.41, 5.74) is 0.632. The summed E-state index contributed by atoms with van der Waals surface area (Å²) in [6.45, 7) is 7.04. The van der Waals surface area contributed by atoms with Crippen molar-refractivity contribution in [2.45, 2.75) is 38.8 Å². The van der Waals surface area contributed by atoms with E-state index in [-0.39, 0.29) is 5.91 Å². The molecule has 0 bridgehead atoms. The highest BCUT2D eigenvalue weighted by molar-refractivity contribution is 7.12. The number of nitrogens with one attached hydrogen (secondary N) is 2. The van der Waals surface area contributed by atoms with Crippen LogP contribution in [0, 0.1) is 17.8 Å². The maximum absolute atomic E-state index is 12.6. The number of aliphatic hydroxyl groups is 1. The lowest BCUT2D eigenvalue weighted by Crippen LogP contribution is -2.40. The number of hydrogen-bond donors (Lipinski definition) is 3. The minimum atomic E-state index is -0.971. The molecule has 1 aromatic carbocycles. The number of H-pyrrole nitrogens is 1. The van der Waals surface area contributed by atoms with Crippen molar-refractivity contribution in [2.75, 3.05) is 19.6 Å². The van der Waals surface area contributed by atoms with Crippen molar-refractivity contribution < 1.29 is 9.90 Å². The van der Waals surface area contributed by atoms with Gasteiger partial charge in [0.25, 0.3) is 5.91 Å². The normalized spacial score (nSPS) is 17.3. The van der Waals surface area contributed by atoms with Gasteiger partial charge in [-0.2, -0.15) is 0 Å². The number of fused-ring (bicyclic) bond motifs is 1. The third kappa shape index (κ3) is 5.98. The van der Waals surface area contributed by atoms with Crippen molar-refractivity contribution in [1.82, 2.24) is 15.2 Å². The average Bonchev–Trinajstić information content (AvgIpc) is 3.37. The second-order valence-corrected chi connectivity index (χ2v) is 9.97. The van der Waals surface area contributed by atoms with Gasteiger partial charge in [0.2, 0.25) is 0 Å². The molecule has 1 fully saturated rings. The van der Waals surface area contributed by atoms with Gasteiger partial charge in [0.1, 0.15) is 11.3 Å². The predicted octanol–water partition coefficient (Wildman–Crippen LogP) is 3.99. The van der Waals surface area contributed by atoms with Gasteiger partial charge < -0.3 is 15.4 Å². The molecule has 0 radical (unpaired) electrons. The van der Waals surface area contributed by atoms with Crippen LogP contribution in [0.5, 0.6) is 0 Å². The van der Waals surface area contributed by atoms with E-state index in [2.05, 4.69) is 33.1 Å². The van der Waals surface area contributed by atoms with Crippen LogP contribution in [-0.2, 0) is 6.54 Å². The van der Waals surface area contributed by atoms with E-state index in [1.54, 1.807) is 25.2 Å². The van der Waals surface area contributed by atoms with E-state index >= 15 is 0 Å². The number of aromatic nitrogens is 1. The first-order chi connectivity index (χ1) is 14.9. The molecular weight excluding hydrogens is 406 g/mol. The number of piperidine rings is 1. The molecule has 31 heavy (non-hydrogen) atoms. The summed E-state index contributed by atoms with van der Waals surface area (Å²) in [5, 5.41) is 13.9. The number of hydrogen-bond acceptors (Lipinski definition) is 4. The molecule has 1 unspecified atom stereocenters. The van der Waals surface area contributed by atoms with Gasteiger partial charge in [-0.1, -0.05) is 30.0 Å². The predicted molar refractivity (Wildman–Crippen MR) is 126 cm³/mol. The fourth-order valence-corrected chi connectivity index (χ4v) is 4.86. The van der Waals surface area contributed by atoms with Gasteiger partial charge in [-0.25, -0.2) is 0 Å². The van der Waals surface area contributed by atoms with Gasteiger partial charge in [-0.05, 0) is 63.4 Å². The zero-order chi connectivity index (χ0) is 21.8. The second kappa shape index (κ2) is 9.27. The van der Waals surface area contributed by atoms with Crippen LogP contribution in [0.1, 0.15) is 46.9 Å². The molecule has 6 heteroatoms. The minimum Gasteiger partial charge on any atom is -0.378 e. The van der Waals surface area contributed by atoms with E-state index in [4.69, 9.17) is 0 Å². The van der Waals surface area contributed by atoms with Crippen LogP contribution in [0.2, 0.25) is 0 Å². The smallest absolute Gasteiger partial charge is 0.267 e. The van der Waals surface area contributed by atoms with E-state index in [1.165, 1.54) is 4.88 Å². The number of thiophene rings is 1. The molecule has 1 aliphatic rings. The fraction of sp³-hybridized carbons (Fsp3) is 0.400. The molecule has 5 nitrogen and oxygen atoms in total. The summed E-state index contributed by atoms with van der Waals surface area (Å²) in [6, 6.07) is 14.0.